The van der Waals surface area contributed by atoms with E-state index in [2.05, 4.69) is 31.0 Å². The van der Waals surface area contributed by atoms with Crippen molar-refractivity contribution < 1.29 is 4.79 Å². The molecule has 0 aliphatic rings. The maximum absolute atomic E-state index is 13.2. The van der Waals surface area contributed by atoms with E-state index >= 15 is 0 Å². The summed E-state index contributed by atoms with van der Waals surface area (Å²) >= 11 is 9.23. The van der Waals surface area contributed by atoms with Crippen molar-refractivity contribution >= 4 is 68.4 Å². The number of nitrogens with zero attached hydrogens (tertiary/aromatic N) is 4. The van der Waals surface area contributed by atoms with Crippen molar-refractivity contribution in [1.29, 1.82) is 0 Å². The smallest absolute Gasteiger partial charge is 0.229 e. The molecule has 9 heteroatoms. The lowest BCUT2D eigenvalue weighted by molar-refractivity contribution is -0.118. The minimum Gasteiger partial charge on any atom is -0.337 e. The number of hydrogen-bond donors (Lipinski definition) is 0. The Morgan fingerprint density at radius 1 is 1.21 bits per heavy atom. The number of carbonyl (C=O) groups excluding carboxylic acids is 1. The lowest BCUT2D eigenvalue weighted by Gasteiger charge is -2.20. The van der Waals surface area contributed by atoms with Gasteiger partial charge in [0, 0.05) is 47.6 Å². The van der Waals surface area contributed by atoms with Crippen LogP contribution in [0.5, 0.6) is 0 Å². The van der Waals surface area contributed by atoms with Crippen molar-refractivity contribution in [3.05, 3.63) is 71.3 Å². The highest BCUT2D eigenvalue weighted by atomic mass is 35.5. The molecule has 0 saturated carbocycles. The first kappa shape index (κ1) is 25.6. The zero-order valence-corrected chi connectivity index (χ0v) is 21.7. The lowest BCUT2D eigenvalue weighted by atomic mass is 10.1. The Balaban J connectivity index is 0.00000306. The maximum Gasteiger partial charge on any atom is 0.229 e. The molecule has 0 saturated heterocycles. The number of thiazole rings is 1. The molecular weight excluding hydrogens is 495 g/mol. The Morgan fingerprint density at radius 2 is 2.00 bits per heavy atom. The second kappa shape index (κ2) is 11.9. The van der Waals surface area contributed by atoms with Gasteiger partial charge in [0.25, 0.3) is 0 Å². The van der Waals surface area contributed by atoms with E-state index in [-0.39, 0.29) is 18.3 Å². The first-order valence-corrected chi connectivity index (χ1v) is 12.7. The summed E-state index contributed by atoms with van der Waals surface area (Å²) in [6, 6.07) is 12.0. The SMILES string of the molecule is Cc1cc(C)c2sc(N(CCCn3ccnc3)C(=O)CCSc3ccc(Cl)cc3)nc2c1.Cl. The Bertz CT molecular complexity index is 1190. The monoisotopic (exact) mass is 520 g/mol. The third-order valence-corrected chi connectivity index (χ3v) is 7.59. The van der Waals surface area contributed by atoms with Crippen LogP contribution in [0.4, 0.5) is 5.13 Å². The zero-order chi connectivity index (χ0) is 22.5. The molecule has 0 unspecified atom stereocenters. The van der Waals surface area contributed by atoms with Crippen molar-refractivity contribution in [3.8, 4) is 0 Å². The molecule has 2 aromatic carbocycles. The van der Waals surface area contributed by atoms with Crippen LogP contribution < -0.4 is 4.90 Å². The van der Waals surface area contributed by atoms with Crippen LogP contribution in [0.3, 0.4) is 0 Å². The summed E-state index contributed by atoms with van der Waals surface area (Å²) < 4.78 is 3.18. The van der Waals surface area contributed by atoms with Crippen LogP contribution in [0.2, 0.25) is 5.02 Å². The van der Waals surface area contributed by atoms with Crippen molar-refractivity contribution in [3.63, 3.8) is 0 Å². The summed E-state index contributed by atoms with van der Waals surface area (Å²) in [5.74, 6) is 0.812. The molecule has 5 nitrogen and oxygen atoms in total. The van der Waals surface area contributed by atoms with Gasteiger partial charge in [-0.1, -0.05) is 29.0 Å². The van der Waals surface area contributed by atoms with Gasteiger partial charge in [0.2, 0.25) is 5.91 Å². The molecule has 0 spiro atoms. The number of benzene rings is 2. The maximum atomic E-state index is 13.2. The summed E-state index contributed by atoms with van der Waals surface area (Å²) in [7, 11) is 0. The van der Waals surface area contributed by atoms with Gasteiger partial charge in [0.05, 0.1) is 16.5 Å². The van der Waals surface area contributed by atoms with Gasteiger partial charge in [0.15, 0.2) is 5.13 Å². The summed E-state index contributed by atoms with van der Waals surface area (Å²) in [4.78, 5) is 25.1. The Hall–Kier alpha value is -2.06. The van der Waals surface area contributed by atoms with Crippen LogP contribution in [0.15, 0.2) is 60.0 Å². The molecule has 0 aliphatic heterocycles. The minimum absolute atomic E-state index is 0. The predicted octanol–water partition coefficient (Wildman–Crippen LogP) is 6.79. The van der Waals surface area contributed by atoms with Gasteiger partial charge in [-0.3, -0.25) is 9.69 Å². The number of fused-ring (bicyclic) bond motifs is 1. The van der Waals surface area contributed by atoms with Gasteiger partial charge in [0.1, 0.15) is 0 Å². The zero-order valence-electron chi connectivity index (χ0n) is 18.5. The third kappa shape index (κ3) is 6.73. The average Bonchev–Trinajstić information content (AvgIpc) is 3.42. The molecule has 33 heavy (non-hydrogen) atoms. The Kier molecular flexibility index (Phi) is 9.20. The fourth-order valence-electron chi connectivity index (χ4n) is 3.56. The summed E-state index contributed by atoms with van der Waals surface area (Å²) in [6.07, 6.45) is 6.81. The largest absolute Gasteiger partial charge is 0.337 e. The number of anilines is 1. The molecule has 0 atom stereocenters. The van der Waals surface area contributed by atoms with Crippen LogP contribution in [0, 0.1) is 13.8 Å². The molecule has 0 radical (unpaired) electrons. The first-order valence-electron chi connectivity index (χ1n) is 10.5. The summed E-state index contributed by atoms with van der Waals surface area (Å²) in [6.45, 7) is 5.62. The van der Waals surface area contributed by atoms with Gasteiger partial charge >= 0.3 is 0 Å². The van der Waals surface area contributed by atoms with Gasteiger partial charge in [-0.25, -0.2) is 9.97 Å². The van der Waals surface area contributed by atoms with Gasteiger partial charge in [-0.15, -0.1) is 24.2 Å². The number of aryl methyl sites for hydroxylation is 3. The van der Waals surface area contributed by atoms with Gasteiger partial charge < -0.3 is 4.57 Å². The quantitative estimate of drug-likeness (QED) is 0.228. The van der Waals surface area contributed by atoms with E-state index in [9.17, 15) is 4.79 Å². The van der Waals surface area contributed by atoms with E-state index in [0.717, 1.165) is 38.2 Å². The van der Waals surface area contributed by atoms with E-state index in [0.29, 0.717) is 18.7 Å². The number of halogens is 2. The van der Waals surface area contributed by atoms with Crippen LogP contribution in [-0.2, 0) is 11.3 Å². The van der Waals surface area contributed by atoms with E-state index in [1.807, 2.05) is 39.9 Å². The number of rotatable bonds is 9. The Morgan fingerprint density at radius 3 is 2.73 bits per heavy atom. The highest BCUT2D eigenvalue weighted by Gasteiger charge is 2.20. The van der Waals surface area contributed by atoms with Crippen LogP contribution in [0.1, 0.15) is 24.0 Å². The second-order valence-electron chi connectivity index (χ2n) is 7.68. The van der Waals surface area contributed by atoms with Gasteiger partial charge in [-0.05, 0) is 61.7 Å². The predicted molar refractivity (Wildman–Crippen MR) is 142 cm³/mol. The number of imidazole rings is 1. The van der Waals surface area contributed by atoms with Crippen LogP contribution in [0.25, 0.3) is 10.2 Å². The highest BCUT2D eigenvalue weighted by Crippen LogP contribution is 2.33. The molecule has 2 heterocycles. The normalized spacial score (nSPS) is 10.9. The molecule has 2 aromatic heterocycles. The average molecular weight is 522 g/mol. The fourth-order valence-corrected chi connectivity index (χ4v) is 5.59. The number of aromatic nitrogens is 3. The number of thioether (sulfide) groups is 1. The number of carbonyl (C=O) groups is 1. The van der Waals surface area contributed by atoms with Crippen molar-refractivity contribution in [2.45, 2.75) is 38.1 Å². The van der Waals surface area contributed by atoms with Crippen LogP contribution in [-0.4, -0.2) is 32.7 Å². The third-order valence-electron chi connectivity index (χ3n) is 5.10. The number of hydrogen-bond acceptors (Lipinski definition) is 5. The molecule has 174 valence electrons. The molecule has 0 aliphatic carbocycles. The topological polar surface area (TPSA) is 51.0 Å². The first-order chi connectivity index (χ1) is 15.5. The molecule has 0 fully saturated rings. The van der Waals surface area contributed by atoms with Crippen LogP contribution >= 0.6 is 47.1 Å². The minimum atomic E-state index is 0. The lowest BCUT2D eigenvalue weighted by Crippen LogP contribution is -2.32. The highest BCUT2D eigenvalue weighted by molar-refractivity contribution is 7.99. The molecule has 1 amide bonds. The van der Waals surface area contributed by atoms with E-state index < -0.39 is 0 Å². The number of amides is 1. The molecule has 4 rings (SSSR count). The second-order valence-corrected chi connectivity index (χ2v) is 10.3. The van der Waals surface area contributed by atoms with E-state index in [1.54, 1.807) is 35.6 Å². The van der Waals surface area contributed by atoms with Crippen molar-refractivity contribution in [2.24, 2.45) is 0 Å². The van der Waals surface area contributed by atoms with E-state index in [1.165, 1.54) is 11.1 Å². The molecular formula is C24H26Cl2N4OS2. The Labute approximate surface area is 213 Å². The summed E-state index contributed by atoms with van der Waals surface area (Å²) in [5, 5.41) is 1.50. The molecule has 4 aromatic rings. The van der Waals surface area contributed by atoms with Crippen molar-refractivity contribution in [1.82, 2.24) is 14.5 Å². The van der Waals surface area contributed by atoms with Crippen molar-refractivity contribution in [2.75, 3.05) is 17.2 Å². The fraction of sp³-hybridized carbons (Fsp3) is 0.292. The molecule has 0 bridgehead atoms. The van der Waals surface area contributed by atoms with E-state index in [4.69, 9.17) is 16.6 Å². The molecule has 0 N–H and O–H groups in total. The van der Waals surface area contributed by atoms with Gasteiger partial charge in [-0.2, -0.15) is 0 Å². The summed E-state index contributed by atoms with van der Waals surface area (Å²) in [5.41, 5.74) is 3.35. The standard InChI is InChI=1S/C24H25ClN4OS2.ClH/c1-17-14-18(2)23-21(15-17)27-24(32-23)29(11-3-10-28-12-9-26-16-28)22(30)8-13-31-20-6-4-19(25)5-7-20;/h4-7,9,12,14-16H,3,8,10-11,13H2,1-2H3;1H.